The molecule has 0 unspecified atom stereocenters. The molecule has 0 atom stereocenters. The first-order valence-corrected chi connectivity index (χ1v) is 7.59. The molecule has 2 heterocycles. The van der Waals surface area contributed by atoms with Crippen molar-refractivity contribution < 1.29 is 4.79 Å². The highest BCUT2D eigenvalue weighted by Gasteiger charge is 2.19. The number of fused-ring (bicyclic) bond motifs is 1. The highest BCUT2D eigenvalue weighted by molar-refractivity contribution is 5.91. The molecule has 1 amide bonds. The normalized spacial score (nSPS) is 14.2. The van der Waals surface area contributed by atoms with Crippen molar-refractivity contribution in [2.45, 2.75) is 26.8 Å². The Morgan fingerprint density at radius 2 is 2.14 bits per heavy atom. The SMILES string of the molecule is Cc1cncc(/C=C/C(=O)N2CCc3c(C)cccc3C2)c1. The predicted octanol–water partition coefficient (Wildman–Crippen LogP) is 3.30. The summed E-state index contributed by atoms with van der Waals surface area (Å²) < 4.78 is 0. The summed E-state index contributed by atoms with van der Waals surface area (Å²) in [6, 6.07) is 8.35. The molecule has 0 saturated carbocycles. The first-order chi connectivity index (χ1) is 10.6. The fourth-order valence-corrected chi connectivity index (χ4v) is 2.93. The van der Waals surface area contributed by atoms with E-state index in [9.17, 15) is 4.79 Å². The molecule has 3 rings (SSSR count). The monoisotopic (exact) mass is 292 g/mol. The number of nitrogens with zero attached hydrogens (tertiary/aromatic N) is 2. The van der Waals surface area contributed by atoms with Gasteiger partial charge in [0.15, 0.2) is 0 Å². The van der Waals surface area contributed by atoms with Gasteiger partial charge in [-0.2, -0.15) is 0 Å². The lowest BCUT2D eigenvalue weighted by Gasteiger charge is -2.29. The van der Waals surface area contributed by atoms with Crippen LogP contribution in [0, 0.1) is 13.8 Å². The number of hydrogen-bond acceptors (Lipinski definition) is 2. The van der Waals surface area contributed by atoms with E-state index in [1.807, 2.05) is 30.2 Å². The summed E-state index contributed by atoms with van der Waals surface area (Å²) in [6.07, 6.45) is 8.01. The molecule has 3 nitrogen and oxygen atoms in total. The predicted molar refractivity (Wildman–Crippen MR) is 88.3 cm³/mol. The highest BCUT2D eigenvalue weighted by atomic mass is 16.2. The lowest BCUT2D eigenvalue weighted by molar-refractivity contribution is -0.126. The summed E-state index contributed by atoms with van der Waals surface area (Å²) in [6.45, 7) is 5.62. The summed E-state index contributed by atoms with van der Waals surface area (Å²) >= 11 is 0. The Morgan fingerprint density at radius 1 is 1.27 bits per heavy atom. The Kier molecular flexibility index (Phi) is 4.05. The minimum absolute atomic E-state index is 0.0636. The van der Waals surface area contributed by atoms with Crippen molar-refractivity contribution in [2.24, 2.45) is 0 Å². The minimum Gasteiger partial charge on any atom is -0.334 e. The van der Waals surface area contributed by atoms with Gasteiger partial charge in [-0.25, -0.2) is 0 Å². The number of aromatic nitrogens is 1. The zero-order valence-corrected chi connectivity index (χ0v) is 13.0. The number of amides is 1. The molecule has 1 aromatic carbocycles. The molecule has 2 aromatic rings. The Bertz CT molecular complexity index is 734. The largest absolute Gasteiger partial charge is 0.334 e. The van der Waals surface area contributed by atoms with E-state index in [4.69, 9.17) is 0 Å². The van der Waals surface area contributed by atoms with Gasteiger partial charge in [0.1, 0.15) is 0 Å². The van der Waals surface area contributed by atoms with E-state index in [0.717, 1.165) is 24.1 Å². The van der Waals surface area contributed by atoms with Gasteiger partial charge in [-0.1, -0.05) is 18.2 Å². The molecule has 1 aromatic heterocycles. The van der Waals surface area contributed by atoms with Crippen LogP contribution in [-0.4, -0.2) is 22.3 Å². The van der Waals surface area contributed by atoms with Crippen LogP contribution in [0.5, 0.6) is 0 Å². The lowest BCUT2D eigenvalue weighted by Crippen LogP contribution is -2.35. The maximum Gasteiger partial charge on any atom is 0.246 e. The van der Waals surface area contributed by atoms with Gasteiger partial charge >= 0.3 is 0 Å². The molecular weight excluding hydrogens is 272 g/mol. The number of benzene rings is 1. The quantitative estimate of drug-likeness (QED) is 0.796. The Balaban J connectivity index is 1.72. The molecule has 0 fully saturated rings. The van der Waals surface area contributed by atoms with E-state index in [-0.39, 0.29) is 5.91 Å². The first kappa shape index (κ1) is 14.5. The van der Waals surface area contributed by atoms with Crippen molar-refractivity contribution in [2.75, 3.05) is 6.54 Å². The zero-order valence-electron chi connectivity index (χ0n) is 13.0. The van der Waals surface area contributed by atoms with Crippen LogP contribution >= 0.6 is 0 Å². The number of hydrogen-bond donors (Lipinski definition) is 0. The van der Waals surface area contributed by atoms with Gasteiger partial charge in [0, 0.05) is 31.6 Å². The summed E-state index contributed by atoms with van der Waals surface area (Å²) in [4.78, 5) is 18.4. The van der Waals surface area contributed by atoms with Gasteiger partial charge in [-0.05, 0) is 60.2 Å². The number of pyridine rings is 1. The van der Waals surface area contributed by atoms with Gasteiger partial charge in [0.2, 0.25) is 5.91 Å². The number of rotatable bonds is 2. The second kappa shape index (κ2) is 6.14. The Labute approximate surface area is 131 Å². The van der Waals surface area contributed by atoms with Crippen LogP contribution < -0.4 is 0 Å². The smallest absolute Gasteiger partial charge is 0.246 e. The fourth-order valence-electron chi connectivity index (χ4n) is 2.93. The zero-order chi connectivity index (χ0) is 15.5. The molecule has 1 aliphatic rings. The van der Waals surface area contributed by atoms with Gasteiger partial charge < -0.3 is 4.90 Å². The molecule has 0 radical (unpaired) electrons. The minimum atomic E-state index is 0.0636. The molecule has 22 heavy (non-hydrogen) atoms. The number of carbonyl (C=O) groups is 1. The number of carbonyl (C=O) groups excluding carboxylic acids is 1. The van der Waals surface area contributed by atoms with E-state index in [1.54, 1.807) is 12.3 Å². The maximum atomic E-state index is 12.4. The standard InChI is InChI=1S/C19H20N2O/c1-14-10-16(12-20-11-14)6-7-19(22)21-9-8-18-15(2)4-3-5-17(18)13-21/h3-7,10-12H,8-9,13H2,1-2H3/b7-6+. The van der Waals surface area contributed by atoms with E-state index in [0.29, 0.717) is 6.54 Å². The molecule has 0 saturated heterocycles. The molecule has 0 bridgehead atoms. The van der Waals surface area contributed by atoms with Crippen LogP contribution in [0.1, 0.15) is 27.8 Å². The van der Waals surface area contributed by atoms with Gasteiger partial charge in [-0.3, -0.25) is 9.78 Å². The average Bonchev–Trinajstić information content (AvgIpc) is 2.52. The van der Waals surface area contributed by atoms with Gasteiger partial charge in [0.25, 0.3) is 0 Å². The lowest BCUT2D eigenvalue weighted by atomic mass is 9.95. The van der Waals surface area contributed by atoms with Crippen LogP contribution in [0.3, 0.4) is 0 Å². The van der Waals surface area contributed by atoms with E-state index in [2.05, 4.69) is 30.1 Å². The topological polar surface area (TPSA) is 33.2 Å². The molecule has 112 valence electrons. The first-order valence-electron chi connectivity index (χ1n) is 7.59. The molecule has 0 N–H and O–H groups in total. The second-order valence-electron chi connectivity index (χ2n) is 5.85. The van der Waals surface area contributed by atoms with Crippen LogP contribution in [-0.2, 0) is 17.8 Å². The highest BCUT2D eigenvalue weighted by Crippen LogP contribution is 2.22. The molecule has 3 heteroatoms. The summed E-state index contributed by atoms with van der Waals surface area (Å²) in [7, 11) is 0. The van der Waals surface area contributed by atoms with Crippen molar-refractivity contribution in [1.29, 1.82) is 0 Å². The summed E-state index contributed by atoms with van der Waals surface area (Å²) in [5.41, 5.74) is 6.05. The molecular formula is C19H20N2O. The van der Waals surface area contributed by atoms with Gasteiger partial charge in [-0.15, -0.1) is 0 Å². The maximum absolute atomic E-state index is 12.4. The van der Waals surface area contributed by atoms with Crippen LogP contribution in [0.4, 0.5) is 0 Å². The van der Waals surface area contributed by atoms with E-state index >= 15 is 0 Å². The third kappa shape index (κ3) is 3.08. The number of aryl methyl sites for hydroxylation is 2. The van der Waals surface area contributed by atoms with Crippen molar-refractivity contribution in [3.05, 3.63) is 70.6 Å². The van der Waals surface area contributed by atoms with Gasteiger partial charge in [0.05, 0.1) is 0 Å². The van der Waals surface area contributed by atoms with Crippen LogP contribution in [0.15, 0.2) is 42.7 Å². The Morgan fingerprint density at radius 3 is 2.95 bits per heavy atom. The van der Waals surface area contributed by atoms with Crippen molar-refractivity contribution >= 4 is 12.0 Å². The van der Waals surface area contributed by atoms with Crippen molar-refractivity contribution in [3.63, 3.8) is 0 Å². The molecule has 0 aliphatic carbocycles. The van der Waals surface area contributed by atoms with Crippen LogP contribution in [0.25, 0.3) is 6.08 Å². The van der Waals surface area contributed by atoms with E-state index < -0.39 is 0 Å². The summed E-state index contributed by atoms with van der Waals surface area (Å²) in [5.74, 6) is 0.0636. The average molecular weight is 292 g/mol. The van der Waals surface area contributed by atoms with E-state index in [1.165, 1.54) is 16.7 Å². The molecule has 0 spiro atoms. The Hall–Kier alpha value is -2.42. The third-order valence-corrected chi connectivity index (χ3v) is 4.13. The van der Waals surface area contributed by atoms with Crippen LogP contribution in [0.2, 0.25) is 0 Å². The molecule has 1 aliphatic heterocycles. The second-order valence-corrected chi connectivity index (χ2v) is 5.85. The fraction of sp³-hybridized carbons (Fsp3) is 0.263. The van der Waals surface area contributed by atoms with Crippen molar-refractivity contribution in [1.82, 2.24) is 9.88 Å². The third-order valence-electron chi connectivity index (χ3n) is 4.13. The van der Waals surface area contributed by atoms with Crippen molar-refractivity contribution in [3.8, 4) is 0 Å². The summed E-state index contributed by atoms with van der Waals surface area (Å²) in [5, 5.41) is 0.